The lowest BCUT2D eigenvalue weighted by atomic mass is 10.1. The molecule has 6 heteroatoms. The molecule has 0 aliphatic rings. The standard InChI is InChI=1S/C16H25N3O2S/c1-2-3-5-10-14(20)11-12-15(21)18-19-16(22)17-13-8-6-4-7-9-13/h4,6-9,14,20H,2-3,5,10-12H2,1H3,(H,18,21)(H2,17,19,22). The first-order valence-electron chi connectivity index (χ1n) is 7.70. The molecule has 1 aromatic carbocycles. The van der Waals surface area contributed by atoms with Crippen molar-refractivity contribution >= 4 is 28.9 Å². The van der Waals surface area contributed by atoms with Gasteiger partial charge in [0.2, 0.25) is 5.91 Å². The van der Waals surface area contributed by atoms with E-state index in [1.54, 1.807) is 0 Å². The van der Waals surface area contributed by atoms with Crippen molar-refractivity contribution in [3.63, 3.8) is 0 Å². The molecule has 0 saturated carbocycles. The second-order valence-electron chi connectivity index (χ2n) is 5.18. The monoisotopic (exact) mass is 323 g/mol. The van der Waals surface area contributed by atoms with Crippen LogP contribution in [0.1, 0.15) is 45.4 Å². The molecule has 0 aliphatic carbocycles. The first kappa shape index (κ1) is 18.4. The van der Waals surface area contributed by atoms with Crippen molar-refractivity contribution in [3.05, 3.63) is 30.3 Å². The van der Waals surface area contributed by atoms with Gasteiger partial charge in [0, 0.05) is 12.1 Å². The number of thiocarbonyl (C=S) groups is 1. The van der Waals surface area contributed by atoms with E-state index in [9.17, 15) is 9.90 Å². The quantitative estimate of drug-likeness (QED) is 0.336. The number of hydrogen-bond acceptors (Lipinski definition) is 3. The van der Waals surface area contributed by atoms with Crippen LogP contribution in [-0.2, 0) is 4.79 Å². The Morgan fingerprint density at radius 1 is 1.18 bits per heavy atom. The SMILES string of the molecule is CCCCCC(O)CCC(=O)NNC(=S)Nc1ccccc1. The fourth-order valence-electron chi connectivity index (χ4n) is 1.94. The number of amides is 1. The van der Waals surface area contributed by atoms with E-state index in [1.165, 1.54) is 0 Å². The van der Waals surface area contributed by atoms with E-state index in [2.05, 4.69) is 23.1 Å². The number of benzene rings is 1. The van der Waals surface area contributed by atoms with Gasteiger partial charge in [-0.2, -0.15) is 0 Å². The summed E-state index contributed by atoms with van der Waals surface area (Å²) in [4.78, 5) is 11.7. The smallest absolute Gasteiger partial charge is 0.238 e. The summed E-state index contributed by atoms with van der Waals surface area (Å²) in [5.74, 6) is -0.188. The second kappa shape index (κ2) is 11.0. The number of carbonyl (C=O) groups is 1. The molecule has 122 valence electrons. The van der Waals surface area contributed by atoms with Crippen molar-refractivity contribution < 1.29 is 9.90 Å². The van der Waals surface area contributed by atoms with Crippen LogP contribution in [0.3, 0.4) is 0 Å². The molecule has 0 aliphatic heterocycles. The number of unbranched alkanes of at least 4 members (excludes halogenated alkanes) is 2. The number of anilines is 1. The van der Waals surface area contributed by atoms with Gasteiger partial charge in [-0.25, -0.2) is 0 Å². The number of nitrogens with one attached hydrogen (secondary N) is 3. The van der Waals surface area contributed by atoms with Crippen LogP contribution in [0.5, 0.6) is 0 Å². The summed E-state index contributed by atoms with van der Waals surface area (Å²) in [6.45, 7) is 2.12. The number of carbonyl (C=O) groups excluding carboxylic acids is 1. The van der Waals surface area contributed by atoms with Crippen LogP contribution >= 0.6 is 12.2 Å². The van der Waals surface area contributed by atoms with E-state index in [4.69, 9.17) is 12.2 Å². The fourth-order valence-corrected chi connectivity index (χ4v) is 2.11. The number of aliphatic hydroxyl groups excluding tert-OH is 1. The van der Waals surface area contributed by atoms with E-state index in [0.717, 1.165) is 31.4 Å². The maximum atomic E-state index is 11.7. The van der Waals surface area contributed by atoms with Crippen LogP contribution in [0.2, 0.25) is 0 Å². The lowest BCUT2D eigenvalue weighted by Crippen LogP contribution is -2.43. The average Bonchev–Trinajstić information content (AvgIpc) is 2.52. The van der Waals surface area contributed by atoms with Gasteiger partial charge in [0.05, 0.1) is 6.10 Å². The van der Waals surface area contributed by atoms with Gasteiger partial charge in [-0.3, -0.25) is 15.6 Å². The van der Waals surface area contributed by atoms with Crippen LogP contribution in [0.4, 0.5) is 5.69 Å². The highest BCUT2D eigenvalue weighted by molar-refractivity contribution is 7.80. The minimum Gasteiger partial charge on any atom is -0.393 e. The Bertz CT molecular complexity index is 454. The highest BCUT2D eigenvalue weighted by Crippen LogP contribution is 2.08. The van der Waals surface area contributed by atoms with Gasteiger partial charge in [-0.1, -0.05) is 44.4 Å². The van der Waals surface area contributed by atoms with Crippen molar-refractivity contribution in [2.24, 2.45) is 0 Å². The molecule has 0 spiro atoms. The number of para-hydroxylation sites is 1. The van der Waals surface area contributed by atoms with Crippen molar-refractivity contribution in [1.29, 1.82) is 0 Å². The van der Waals surface area contributed by atoms with E-state index in [1.807, 2.05) is 30.3 Å². The maximum absolute atomic E-state index is 11.7. The number of rotatable bonds is 8. The predicted octanol–water partition coefficient (Wildman–Crippen LogP) is 2.73. The Labute approximate surface area is 137 Å². The normalized spacial score (nSPS) is 11.5. The van der Waals surface area contributed by atoms with Crippen LogP contribution < -0.4 is 16.2 Å². The topological polar surface area (TPSA) is 73.4 Å². The Hall–Kier alpha value is -1.66. The van der Waals surface area contributed by atoms with E-state index < -0.39 is 6.10 Å². The molecule has 0 bridgehead atoms. The van der Waals surface area contributed by atoms with Crippen molar-refractivity contribution in [1.82, 2.24) is 10.9 Å². The molecule has 0 heterocycles. The summed E-state index contributed by atoms with van der Waals surface area (Å²) in [6, 6.07) is 9.45. The maximum Gasteiger partial charge on any atom is 0.238 e. The van der Waals surface area contributed by atoms with E-state index >= 15 is 0 Å². The molecule has 1 aromatic rings. The van der Waals surface area contributed by atoms with Gasteiger partial charge in [-0.05, 0) is 37.2 Å². The average molecular weight is 323 g/mol. The molecule has 1 atom stereocenters. The summed E-state index contributed by atoms with van der Waals surface area (Å²) >= 11 is 5.07. The Kier molecular flexibility index (Phi) is 9.18. The first-order valence-corrected chi connectivity index (χ1v) is 8.11. The van der Waals surface area contributed by atoms with Crippen LogP contribution in [0, 0.1) is 0 Å². The summed E-state index contributed by atoms with van der Waals surface area (Å²) in [6.07, 6.45) is 4.33. The zero-order valence-corrected chi connectivity index (χ0v) is 13.8. The molecule has 1 rings (SSSR count). The molecule has 1 unspecified atom stereocenters. The van der Waals surface area contributed by atoms with Crippen LogP contribution in [0.15, 0.2) is 30.3 Å². The summed E-state index contributed by atoms with van der Waals surface area (Å²) < 4.78 is 0. The summed E-state index contributed by atoms with van der Waals surface area (Å²) in [7, 11) is 0. The van der Waals surface area contributed by atoms with Crippen molar-refractivity contribution in [2.75, 3.05) is 5.32 Å². The van der Waals surface area contributed by atoms with E-state index in [0.29, 0.717) is 11.5 Å². The number of hydrogen-bond donors (Lipinski definition) is 4. The highest BCUT2D eigenvalue weighted by atomic mass is 32.1. The fraction of sp³-hybridized carbons (Fsp3) is 0.500. The van der Waals surface area contributed by atoms with Gasteiger partial charge in [0.25, 0.3) is 0 Å². The minimum atomic E-state index is -0.410. The molecule has 0 radical (unpaired) electrons. The summed E-state index contributed by atoms with van der Waals surface area (Å²) in [5, 5.41) is 13.0. The van der Waals surface area contributed by atoms with E-state index in [-0.39, 0.29) is 12.3 Å². The van der Waals surface area contributed by atoms with Crippen LogP contribution in [-0.4, -0.2) is 22.2 Å². The highest BCUT2D eigenvalue weighted by Gasteiger charge is 2.08. The predicted molar refractivity (Wildman–Crippen MR) is 93.3 cm³/mol. The molecular formula is C16H25N3O2S. The molecule has 0 aromatic heterocycles. The van der Waals surface area contributed by atoms with Gasteiger partial charge in [-0.15, -0.1) is 0 Å². The first-order chi connectivity index (χ1) is 10.6. The minimum absolute atomic E-state index is 0.188. The third kappa shape index (κ3) is 8.59. The second-order valence-corrected chi connectivity index (χ2v) is 5.59. The molecule has 22 heavy (non-hydrogen) atoms. The van der Waals surface area contributed by atoms with Gasteiger partial charge >= 0.3 is 0 Å². The van der Waals surface area contributed by atoms with Gasteiger partial charge in [0.15, 0.2) is 5.11 Å². The lowest BCUT2D eigenvalue weighted by molar-refractivity contribution is -0.122. The summed E-state index contributed by atoms with van der Waals surface area (Å²) in [5.41, 5.74) is 6.02. The number of hydrazine groups is 1. The molecule has 0 fully saturated rings. The Morgan fingerprint density at radius 3 is 2.59 bits per heavy atom. The molecule has 4 N–H and O–H groups in total. The molecule has 0 saturated heterocycles. The zero-order valence-electron chi connectivity index (χ0n) is 13.0. The third-order valence-corrected chi connectivity index (χ3v) is 3.40. The Balaban J connectivity index is 2.13. The largest absolute Gasteiger partial charge is 0.393 e. The zero-order chi connectivity index (χ0) is 16.2. The Morgan fingerprint density at radius 2 is 1.91 bits per heavy atom. The molecular weight excluding hydrogens is 298 g/mol. The van der Waals surface area contributed by atoms with Crippen molar-refractivity contribution in [2.45, 2.75) is 51.6 Å². The number of aliphatic hydroxyl groups is 1. The lowest BCUT2D eigenvalue weighted by Gasteiger charge is -2.13. The third-order valence-electron chi connectivity index (χ3n) is 3.19. The van der Waals surface area contributed by atoms with Gasteiger partial charge in [0.1, 0.15) is 0 Å². The van der Waals surface area contributed by atoms with Gasteiger partial charge < -0.3 is 10.4 Å². The molecule has 1 amide bonds. The van der Waals surface area contributed by atoms with Crippen molar-refractivity contribution in [3.8, 4) is 0 Å². The van der Waals surface area contributed by atoms with Crippen LogP contribution in [0.25, 0.3) is 0 Å². The molecule has 5 nitrogen and oxygen atoms in total.